The van der Waals surface area contributed by atoms with E-state index in [4.69, 9.17) is 4.74 Å². The lowest BCUT2D eigenvalue weighted by molar-refractivity contribution is 0.309. The zero-order valence-corrected chi connectivity index (χ0v) is 22.4. The van der Waals surface area contributed by atoms with Crippen LogP contribution in [0.4, 0.5) is 16.5 Å². The molecule has 4 aromatic rings. The van der Waals surface area contributed by atoms with Crippen LogP contribution in [0.3, 0.4) is 0 Å². The van der Waals surface area contributed by atoms with Gasteiger partial charge in [0.2, 0.25) is 5.13 Å². The molecule has 6 nitrogen and oxygen atoms in total. The highest BCUT2D eigenvalue weighted by Crippen LogP contribution is 2.36. The largest absolute Gasteiger partial charge is 0.494 e. The van der Waals surface area contributed by atoms with E-state index in [-0.39, 0.29) is 0 Å². The molecule has 0 aliphatic heterocycles. The Bertz CT molecular complexity index is 1340. The van der Waals surface area contributed by atoms with Crippen molar-refractivity contribution in [2.24, 2.45) is 10.2 Å². The van der Waals surface area contributed by atoms with Crippen molar-refractivity contribution in [2.75, 3.05) is 24.6 Å². The third-order valence-electron chi connectivity index (χ3n) is 5.67. The van der Waals surface area contributed by atoms with Gasteiger partial charge in [0, 0.05) is 23.7 Å². The number of aromatic nitrogens is 1. The van der Waals surface area contributed by atoms with Gasteiger partial charge < -0.3 is 9.64 Å². The zero-order valence-electron chi connectivity index (χ0n) is 20.8. The summed E-state index contributed by atoms with van der Waals surface area (Å²) >= 11 is 3.04. The monoisotopic (exact) mass is 515 g/mol. The van der Waals surface area contributed by atoms with Crippen LogP contribution in [-0.2, 0) is 0 Å². The average Bonchev–Trinajstić information content (AvgIpc) is 3.46. The van der Waals surface area contributed by atoms with E-state index >= 15 is 0 Å². The summed E-state index contributed by atoms with van der Waals surface area (Å²) in [6, 6.07) is 20.1. The first kappa shape index (κ1) is 25.5. The van der Waals surface area contributed by atoms with Gasteiger partial charge in [-0.3, -0.25) is 0 Å². The number of nitrogens with zero attached hydrogens (tertiary/aromatic N) is 5. The van der Waals surface area contributed by atoms with Crippen molar-refractivity contribution in [1.82, 2.24) is 4.98 Å². The Hall–Kier alpha value is -3.54. The van der Waals surface area contributed by atoms with E-state index in [0.29, 0.717) is 17.3 Å². The SMILES string of the molecule is CCCCOc1ccc(/C(C#N)=C/c2cc3sc(/N=N/c4ccc(N(CC)CC)cc4)nc3s2)cc1. The average molecular weight is 516 g/mol. The number of rotatable bonds is 11. The number of hydrogen-bond acceptors (Lipinski definition) is 8. The first-order valence-corrected chi connectivity index (χ1v) is 13.8. The molecule has 0 aliphatic rings. The van der Waals surface area contributed by atoms with Crippen LogP contribution >= 0.6 is 22.7 Å². The van der Waals surface area contributed by atoms with Gasteiger partial charge in [0.15, 0.2) is 0 Å². The summed E-state index contributed by atoms with van der Waals surface area (Å²) < 4.78 is 6.76. The van der Waals surface area contributed by atoms with E-state index < -0.39 is 0 Å². The summed E-state index contributed by atoms with van der Waals surface area (Å²) in [5.74, 6) is 0.826. The second-order valence-corrected chi connectivity index (χ2v) is 10.2. The summed E-state index contributed by atoms with van der Waals surface area (Å²) in [6.45, 7) is 9.09. The number of thiazole rings is 1. The fraction of sp³-hybridized carbons (Fsp3) is 0.286. The molecule has 2 heterocycles. The lowest BCUT2D eigenvalue weighted by Crippen LogP contribution is -2.21. The molecule has 184 valence electrons. The van der Waals surface area contributed by atoms with E-state index in [9.17, 15) is 5.26 Å². The van der Waals surface area contributed by atoms with Crippen molar-refractivity contribution in [3.8, 4) is 11.8 Å². The van der Waals surface area contributed by atoms with Crippen molar-refractivity contribution in [1.29, 1.82) is 5.26 Å². The molecule has 2 aromatic carbocycles. The van der Waals surface area contributed by atoms with Crippen LogP contribution in [0.1, 0.15) is 44.1 Å². The maximum Gasteiger partial charge on any atom is 0.231 e. The topological polar surface area (TPSA) is 73.9 Å². The Labute approximate surface area is 220 Å². The van der Waals surface area contributed by atoms with Gasteiger partial charge in [0.05, 0.1) is 28.6 Å². The maximum absolute atomic E-state index is 9.72. The predicted octanol–water partition coefficient (Wildman–Crippen LogP) is 8.86. The zero-order chi connectivity index (χ0) is 25.3. The van der Waals surface area contributed by atoms with Gasteiger partial charge in [-0.25, -0.2) is 4.98 Å². The minimum atomic E-state index is 0.608. The lowest BCUT2D eigenvalue weighted by atomic mass is 10.1. The molecule has 0 saturated carbocycles. The van der Waals surface area contributed by atoms with Gasteiger partial charge in [0.25, 0.3) is 0 Å². The molecule has 0 unspecified atom stereocenters. The Morgan fingerprint density at radius 2 is 1.78 bits per heavy atom. The van der Waals surface area contributed by atoms with Crippen molar-refractivity contribution >= 4 is 60.4 Å². The molecule has 0 aliphatic carbocycles. The molecule has 0 radical (unpaired) electrons. The number of fused-ring (bicyclic) bond motifs is 1. The van der Waals surface area contributed by atoms with E-state index in [1.807, 2.05) is 42.5 Å². The Morgan fingerprint density at radius 3 is 2.42 bits per heavy atom. The molecule has 0 atom stereocenters. The van der Waals surface area contributed by atoms with E-state index in [0.717, 1.165) is 57.3 Å². The number of unbranched alkanes of at least 4 members (excludes halogenated alkanes) is 1. The van der Waals surface area contributed by atoms with Crippen LogP contribution in [0.15, 0.2) is 64.8 Å². The van der Waals surface area contributed by atoms with Gasteiger partial charge in [-0.05, 0) is 86.5 Å². The highest BCUT2D eigenvalue weighted by molar-refractivity contribution is 7.29. The van der Waals surface area contributed by atoms with Crippen LogP contribution in [0.25, 0.3) is 21.2 Å². The summed E-state index contributed by atoms with van der Waals surface area (Å²) in [4.78, 5) is 8.79. The van der Waals surface area contributed by atoms with Crippen LogP contribution in [0, 0.1) is 11.3 Å². The second-order valence-electron chi connectivity index (χ2n) is 8.10. The van der Waals surface area contributed by atoms with Crippen molar-refractivity contribution in [3.05, 3.63) is 65.0 Å². The number of hydrogen-bond donors (Lipinski definition) is 0. The number of benzene rings is 2. The second kappa shape index (κ2) is 12.4. The number of thiophene rings is 1. The third kappa shape index (κ3) is 6.36. The minimum Gasteiger partial charge on any atom is -0.494 e. The first-order chi connectivity index (χ1) is 17.6. The third-order valence-corrected chi connectivity index (χ3v) is 7.66. The molecule has 0 spiro atoms. The van der Waals surface area contributed by atoms with Crippen molar-refractivity contribution < 1.29 is 4.74 Å². The van der Waals surface area contributed by atoms with Crippen LogP contribution in [0.2, 0.25) is 0 Å². The number of azo groups is 1. The standard InChI is InChI=1S/C28H29N5OS2/c1-4-7-16-34-24-14-8-20(9-15-24)21(19-29)17-25-18-26-27(35-25)30-28(36-26)32-31-22-10-12-23(13-11-22)33(5-2)6-3/h8-15,17-18H,4-7,16H2,1-3H3/b21-17+,32-31+. The molecule has 4 rings (SSSR count). The number of nitriles is 1. The van der Waals surface area contributed by atoms with E-state index in [2.05, 4.69) is 65.2 Å². The summed E-state index contributed by atoms with van der Waals surface area (Å²) in [7, 11) is 0. The van der Waals surface area contributed by atoms with Gasteiger partial charge in [-0.15, -0.1) is 21.6 Å². The number of anilines is 1. The highest BCUT2D eigenvalue weighted by atomic mass is 32.1. The fourth-order valence-corrected chi connectivity index (χ4v) is 5.65. The van der Waals surface area contributed by atoms with Gasteiger partial charge >= 0.3 is 0 Å². The Kier molecular flexibility index (Phi) is 8.82. The fourth-order valence-electron chi connectivity index (χ4n) is 3.66. The molecule has 0 saturated heterocycles. The van der Waals surface area contributed by atoms with Crippen molar-refractivity contribution in [2.45, 2.75) is 33.6 Å². The molecule has 8 heteroatoms. The lowest BCUT2D eigenvalue weighted by Gasteiger charge is -2.20. The van der Waals surface area contributed by atoms with Gasteiger partial charge in [-0.1, -0.05) is 24.7 Å². The summed E-state index contributed by atoms with van der Waals surface area (Å²) in [5, 5.41) is 19.0. The van der Waals surface area contributed by atoms with Crippen LogP contribution in [-0.4, -0.2) is 24.7 Å². The maximum atomic E-state index is 9.72. The Balaban J connectivity index is 1.44. The highest BCUT2D eigenvalue weighted by Gasteiger charge is 2.10. The normalized spacial score (nSPS) is 11.8. The van der Waals surface area contributed by atoms with Crippen molar-refractivity contribution in [3.63, 3.8) is 0 Å². The van der Waals surface area contributed by atoms with E-state index in [1.165, 1.54) is 17.0 Å². The molecule has 0 bridgehead atoms. The summed E-state index contributed by atoms with van der Waals surface area (Å²) in [6.07, 6.45) is 4.04. The van der Waals surface area contributed by atoms with Crippen LogP contribution < -0.4 is 9.64 Å². The molecule has 2 aromatic heterocycles. The van der Waals surface area contributed by atoms with Crippen LogP contribution in [0.5, 0.6) is 5.75 Å². The molecule has 0 N–H and O–H groups in total. The van der Waals surface area contributed by atoms with Gasteiger partial charge in [-0.2, -0.15) is 5.26 Å². The smallest absolute Gasteiger partial charge is 0.231 e. The number of ether oxygens (including phenoxy) is 1. The van der Waals surface area contributed by atoms with E-state index in [1.54, 1.807) is 11.3 Å². The number of allylic oxidation sites excluding steroid dienone is 1. The molecular formula is C28H29N5OS2. The molecule has 0 fully saturated rings. The quantitative estimate of drug-likeness (QED) is 0.114. The first-order valence-electron chi connectivity index (χ1n) is 12.2. The minimum absolute atomic E-state index is 0.608. The summed E-state index contributed by atoms with van der Waals surface area (Å²) in [5.41, 5.74) is 3.46. The van der Waals surface area contributed by atoms with Gasteiger partial charge in [0.1, 0.15) is 10.6 Å². The molecular weight excluding hydrogens is 486 g/mol. The molecule has 0 amide bonds. The Morgan fingerprint density at radius 1 is 1.03 bits per heavy atom. The predicted molar refractivity (Wildman–Crippen MR) is 152 cm³/mol. The molecule has 36 heavy (non-hydrogen) atoms.